The first kappa shape index (κ1) is 19.9. The van der Waals surface area contributed by atoms with Crippen LogP contribution in [0.2, 0.25) is 0 Å². The van der Waals surface area contributed by atoms with Gasteiger partial charge in [0.05, 0.1) is 13.7 Å². The van der Waals surface area contributed by atoms with E-state index in [1.807, 2.05) is 42.5 Å². The molecule has 1 aliphatic rings. The first-order chi connectivity index (χ1) is 12.2. The Morgan fingerprint density at radius 2 is 2.04 bits per heavy atom. The summed E-state index contributed by atoms with van der Waals surface area (Å²) >= 11 is 0. The molecule has 0 spiro atoms. The number of carbonyl (C=O) groups is 1. The SMILES string of the molecule is COc1ccccc1CCNC(=O)CN1CCCc2c(N)cccc21.Cl. The Bertz CT molecular complexity index is 752. The molecule has 0 aliphatic carbocycles. The highest BCUT2D eigenvalue weighted by molar-refractivity contribution is 5.85. The van der Waals surface area contributed by atoms with Crippen LogP contribution in [0.1, 0.15) is 17.5 Å². The zero-order valence-electron chi connectivity index (χ0n) is 15.0. The molecule has 26 heavy (non-hydrogen) atoms. The van der Waals surface area contributed by atoms with Gasteiger partial charge in [-0.2, -0.15) is 0 Å². The van der Waals surface area contributed by atoms with Gasteiger partial charge in [0.1, 0.15) is 5.75 Å². The van der Waals surface area contributed by atoms with Crippen LogP contribution in [0.4, 0.5) is 11.4 Å². The summed E-state index contributed by atoms with van der Waals surface area (Å²) in [5.74, 6) is 0.891. The molecule has 0 saturated heterocycles. The summed E-state index contributed by atoms with van der Waals surface area (Å²) in [6, 6.07) is 13.8. The van der Waals surface area contributed by atoms with Gasteiger partial charge in [0.2, 0.25) is 5.91 Å². The zero-order valence-corrected chi connectivity index (χ0v) is 15.8. The Hall–Kier alpha value is -2.40. The number of para-hydroxylation sites is 1. The van der Waals surface area contributed by atoms with E-state index >= 15 is 0 Å². The zero-order chi connectivity index (χ0) is 17.6. The second-order valence-electron chi connectivity index (χ2n) is 6.28. The van der Waals surface area contributed by atoms with Gasteiger partial charge in [-0.1, -0.05) is 24.3 Å². The van der Waals surface area contributed by atoms with E-state index in [1.54, 1.807) is 7.11 Å². The van der Waals surface area contributed by atoms with Gasteiger partial charge in [0.15, 0.2) is 0 Å². The molecule has 1 amide bonds. The molecule has 5 nitrogen and oxygen atoms in total. The number of halogens is 1. The van der Waals surface area contributed by atoms with Gasteiger partial charge < -0.3 is 20.7 Å². The summed E-state index contributed by atoms with van der Waals surface area (Å²) in [5, 5.41) is 3.01. The van der Waals surface area contributed by atoms with Crippen molar-refractivity contribution in [2.45, 2.75) is 19.3 Å². The molecular weight excluding hydrogens is 350 g/mol. The lowest BCUT2D eigenvalue weighted by atomic mass is 10.00. The molecule has 0 aromatic heterocycles. The number of amides is 1. The van der Waals surface area contributed by atoms with Crippen LogP contribution in [-0.2, 0) is 17.6 Å². The normalized spacial score (nSPS) is 12.7. The Balaban J connectivity index is 0.00000243. The molecule has 1 heterocycles. The number of carbonyl (C=O) groups excluding carboxylic acids is 1. The predicted molar refractivity (Wildman–Crippen MR) is 108 cm³/mol. The number of hydrogen-bond acceptors (Lipinski definition) is 4. The largest absolute Gasteiger partial charge is 0.496 e. The standard InChI is InChI=1S/C20H25N3O2.ClH/c1-25-19-10-3-2-6-15(19)11-12-22-20(24)14-23-13-5-7-16-17(21)8-4-9-18(16)23;/h2-4,6,8-10H,5,7,11-14,21H2,1H3,(H,22,24);1H. The average Bonchev–Trinajstić information content (AvgIpc) is 2.63. The van der Waals surface area contributed by atoms with E-state index in [4.69, 9.17) is 10.5 Å². The van der Waals surface area contributed by atoms with Crippen LogP contribution in [0.5, 0.6) is 5.75 Å². The van der Waals surface area contributed by atoms with Crippen LogP contribution in [0.15, 0.2) is 42.5 Å². The summed E-state index contributed by atoms with van der Waals surface area (Å²) in [6.07, 6.45) is 2.75. The molecule has 0 atom stereocenters. The summed E-state index contributed by atoms with van der Waals surface area (Å²) in [4.78, 5) is 14.5. The van der Waals surface area contributed by atoms with Crippen LogP contribution < -0.4 is 20.7 Å². The van der Waals surface area contributed by atoms with E-state index in [9.17, 15) is 4.79 Å². The molecule has 0 fully saturated rings. The Morgan fingerprint density at radius 3 is 2.85 bits per heavy atom. The second-order valence-corrected chi connectivity index (χ2v) is 6.28. The number of anilines is 2. The van der Waals surface area contributed by atoms with Gasteiger partial charge in [-0.25, -0.2) is 0 Å². The minimum Gasteiger partial charge on any atom is -0.496 e. The summed E-state index contributed by atoms with van der Waals surface area (Å²) in [6.45, 7) is 1.84. The van der Waals surface area contributed by atoms with Gasteiger partial charge in [-0.05, 0) is 48.6 Å². The monoisotopic (exact) mass is 375 g/mol. The van der Waals surface area contributed by atoms with Gasteiger partial charge in [-0.3, -0.25) is 4.79 Å². The molecular formula is C20H26ClN3O2. The smallest absolute Gasteiger partial charge is 0.239 e. The molecule has 0 bridgehead atoms. The van der Waals surface area contributed by atoms with E-state index in [1.165, 1.54) is 0 Å². The van der Waals surface area contributed by atoms with Crippen molar-refractivity contribution >= 4 is 29.7 Å². The third kappa shape index (κ3) is 4.61. The quantitative estimate of drug-likeness (QED) is 0.762. The maximum absolute atomic E-state index is 12.3. The third-order valence-electron chi connectivity index (χ3n) is 4.63. The van der Waals surface area contributed by atoms with Crippen molar-refractivity contribution < 1.29 is 9.53 Å². The van der Waals surface area contributed by atoms with Crippen LogP contribution in [-0.4, -0.2) is 32.7 Å². The molecule has 0 saturated carbocycles. The van der Waals surface area contributed by atoms with Crippen molar-refractivity contribution in [3.63, 3.8) is 0 Å². The topological polar surface area (TPSA) is 67.6 Å². The number of rotatable bonds is 6. The molecule has 1 aliphatic heterocycles. The minimum absolute atomic E-state index is 0. The van der Waals surface area contributed by atoms with Crippen molar-refractivity contribution in [3.8, 4) is 5.75 Å². The fourth-order valence-electron chi connectivity index (χ4n) is 3.37. The number of fused-ring (bicyclic) bond motifs is 1. The van der Waals surface area contributed by atoms with Crippen molar-refractivity contribution in [1.82, 2.24) is 5.32 Å². The fraction of sp³-hybridized carbons (Fsp3) is 0.350. The average molecular weight is 376 g/mol. The van der Waals surface area contributed by atoms with Gasteiger partial charge in [0.25, 0.3) is 0 Å². The predicted octanol–water partition coefficient (Wildman–Crippen LogP) is 2.81. The third-order valence-corrected chi connectivity index (χ3v) is 4.63. The first-order valence-corrected chi connectivity index (χ1v) is 8.70. The lowest BCUT2D eigenvalue weighted by molar-refractivity contribution is -0.119. The van der Waals surface area contributed by atoms with Crippen molar-refractivity contribution in [3.05, 3.63) is 53.6 Å². The molecule has 140 valence electrons. The number of benzene rings is 2. The summed E-state index contributed by atoms with van der Waals surface area (Å²) in [7, 11) is 1.66. The minimum atomic E-state index is 0. The van der Waals surface area contributed by atoms with Crippen molar-refractivity contribution in [1.29, 1.82) is 0 Å². The number of nitrogens with two attached hydrogens (primary N) is 1. The van der Waals surface area contributed by atoms with Gasteiger partial charge in [-0.15, -0.1) is 12.4 Å². The molecule has 0 radical (unpaired) electrons. The van der Waals surface area contributed by atoms with Crippen molar-refractivity contribution in [2.24, 2.45) is 0 Å². The maximum Gasteiger partial charge on any atom is 0.239 e. The highest BCUT2D eigenvalue weighted by Gasteiger charge is 2.20. The highest BCUT2D eigenvalue weighted by Crippen LogP contribution is 2.30. The second kappa shape index (κ2) is 9.34. The molecule has 6 heteroatoms. The number of hydrogen-bond donors (Lipinski definition) is 2. The summed E-state index contributed by atoms with van der Waals surface area (Å²) < 4.78 is 5.34. The van der Waals surface area contributed by atoms with Crippen molar-refractivity contribution in [2.75, 3.05) is 37.4 Å². The highest BCUT2D eigenvalue weighted by atomic mass is 35.5. The Labute approximate surface area is 160 Å². The lowest BCUT2D eigenvalue weighted by Gasteiger charge is -2.31. The van der Waals surface area contributed by atoms with E-state index in [0.29, 0.717) is 13.1 Å². The fourth-order valence-corrected chi connectivity index (χ4v) is 3.37. The van der Waals surface area contributed by atoms with E-state index in [0.717, 1.165) is 54.1 Å². The van der Waals surface area contributed by atoms with E-state index in [2.05, 4.69) is 10.2 Å². The molecule has 3 rings (SSSR count). The van der Waals surface area contributed by atoms with Crippen LogP contribution in [0.3, 0.4) is 0 Å². The Morgan fingerprint density at radius 1 is 1.23 bits per heavy atom. The van der Waals surface area contributed by atoms with Crippen LogP contribution in [0, 0.1) is 0 Å². The van der Waals surface area contributed by atoms with Gasteiger partial charge in [0, 0.05) is 24.5 Å². The lowest BCUT2D eigenvalue weighted by Crippen LogP contribution is -2.40. The number of nitrogens with zero attached hydrogens (tertiary/aromatic N) is 1. The van der Waals surface area contributed by atoms with Crippen LogP contribution in [0.25, 0.3) is 0 Å². The maximum atomic E-state index is 12.3. The van der Waals surface area contributed by atoms with Gasteiger partial charge >= 0.3 is 0 Å². The number of methoxy groups -OCH3 is 1. The molecule has 2 aromatic rings. The Kier molecular flexibility index (Phi) is 7.16. The molecule has 2 aromatic carbocycles. The van der Waals surface area contributed by atoms with E-state index < -0.39 is 0 Å². The first-order valence-electron chi connectivity index (χ1n) is 8.70. The molecule has 0 unspecified atom stereocenters. The molecule has 3 N–H and O–H groups in total. The van der Waals surface area contributed by atoms with E-state index in [-0.39, 0.29) is 18.3 Å². The number of nitrogens with one attached hydrogen (secondary N) is 1. The summed E-state index contributed by atoms with van der Waals surface area (Å²) in [5.41, 5.74) is 10.2. The van der Waals surface area contributed by atoms with Crippen LogP contribution >= 0.6 is 12.4 Å². The number of ether oxygens (including phenoxy) is 1. The number of nitrogen functional groups attached to an aromatic ring is 1.